The lowest BCUT2D eigenvalue weighted by Crippen LogP contribution is -2.26. The number of thiophene rings is 1. The van der Waals surface area contributed by atoms with Gasteiger partial charge in [0.25, 0.3) is 0 Å². The van der Waals surface area contributed by atoms with Gasteiger partial charge in [-0.1, -0.05) is 62.8 Å². The van der Waals surface area contributed by atoms with Crippen LogP contribution < -0.4 is 22.1 Å². The van der Waals surface area contributed by atoms with Gasteiger partial charge in [0.05, 0.1) is 12.1 Å². The molecule has 37 heavy (non-hydrogen) atoms. The van der Waals surface area contributed by atoms with E-state index >= 15 is 0 Å². The van der Waals surface area contributed by atoms with Crippen molar-refractivity contribution in [3.63, 3.8) is 0 Å². The molecule has 2 aromatic carbocycles. The molecule has 2 aliphatic rings. The number of benzene rings is 2. The second kappa shape index (κ2) is 12.3. The number of nitrogens with zero attached hydrogens (tertiary/aromatic N) is 2. The summed E-state index contributed by atoms with van der Waals surface area (Å²) in [6.07, 6.45) is 12.2. The number of nitrogens with one attached hydrogen (secondary N) is 2. The van der Waals surface area contributed by atoms with Gasteiger partial charge in [-0.3, -0.25) is 0 Å². The van der Waals surface area contributed by atoms with E-state index in [9.17, 15) is 0 Å². The molecule has 1 aromatic heterocycles. The molecule has 6 nitrogen and oxygen atoms in total. The molecule has 6 N–H and O–H groups in total. The molecule has 0 atom stereocenters. The van der Waals surface area contributed by atoms with E-state index in [1.54, 1.807) is 11.3 Å². The van der Waals surface area contributed by atoms with E-state index in [4.69, 9.17) is 11.5 Å². The van der Waals surface area contributed by atoms with Crippen molar-refractivity contribution in [1.29, 1.82) is 0 Å². The highest BCUT2D eigenvalue weighted by Crippen LogP contribution is 2.35. The van der Waals surface area contributed by atoms with Crippen molar-refractivity contribution >= 4 is 34.6 Å². The van der Waals surface area contributed by atoms with Crippen molar-refractivity contribution in [2.75, 3.05) is 10.6 Å². The van der Waals surface area contributed by atoms with Gasteiger partial charge < -0.3 is 22.1 Å². The minimum atomic E-state index is 0.363. The number of rotatable bonds is 6. The molecule has 2 saturated carbocycles. The molecule has 0 unspecified atom stereocenters. The minimum Gasteiger partial charge on any atom is -0.370 e. The van der Waals surface area contributed by atoms with E-state index in [1.807, 2.05) is 0 Å². The van der Waals surface area contributed by atoms with E-state index < -0.39 is 0 Å². The molecule has 0 spiro atoms. The summed E-state index contributed by atoms with van der Waals surface area (Å²) in [7, 11) is 0. The van der Waals surface area contributed by atoms with E-state index in [0.29, 0.717) is 24.0 Å². The molecule has 0 amide bonds. The SMILES string of the molecule is NC(=NC1CCCCC1)Nc1ccc(-c2ccc(-c3ccc(NC(N)=NC4CCCCC4)cc3)s2)cc1. The van der Waals surface area contributed by atoms with E-state index in [2.05, 4.69) is 81.3 Å². The maximum absolute atomic E-state index is 6.16. The second-order valence-corrected chi connectivity index (χ2v) is 11.3. The van der Waals surface area contributed by atoms with Crippen LogP contribution in [0.4, 0.5) is 11.4 Å². The molecule has 2 aliphatic carbocycles. The van der Waals surface area contributed by atoms with Gasteiger partial charge in [0.15, 0.2) is 11.9 Å². The van der Waals surface area contributed by atoms with E-state index in [-0.39, 0.29) is 0 Å². The summed E-state index contributed by atoms with van der Waals surface area (Å²) in [6, 6.07) is 21.9. The molecule has 5 rings (SSSR count). The summed E-state index contributed by atoms with van der Waals surface area (Å²) in [4.78, 5) is 11.8. The number of aliphatic imine (C=N–C) groups is 2. The Morgan fingerprint density at radius 3 is 1.32 bits per heavy atom. The van der Waals surface area contributed by atoms with Crippen molar-refractivity contribution in [1.82, 2.24) is 0 Å². The summed E-state index contributed by atoms with van der Waals surface area (Å²) in [5, 5.41) is 6.50. The largest absolute Gasteiger partial charge is 0.370 e. The Morgan fingerprint density at radius 1 is 0.568 bits per heavy atom. The quantitative estimate of drug-likeness (QED) is 0.206. The third-order valence-electron chi connectivity index (χ3n) is 7.28. The molecule has 2 fully saturated rings. The van der Waals surface area contributed by atoms with Crippen LogP contribution in [0, 0.1) is 0 Å². The van der Waals surface area contributed by atoms with Crippen LogP contribution in [0.15, 0.2) is 70.6 Å². The predicted octanol–water partition coefficient (Wildman–Crippen LogP) is 7.20. The van der Waals surface area contributed by atoms with E-state index in [0.717, 1.165) is 37.1 Å². The lowest BCUT2D eigenvalue weighted by molar-refractivity contribution is 0.443. The van der Waals surface area contributed by atoms with Crippen molar-refractivity contribution in [3.05, 3.63) is 60.7 Å². The summed E-state index contributed by atoms with van der Waals surface area (Å²) in [5.74, 6) is 1.02. The minimum absolute atomic E-state index is 0.363. The summed E-state index contributed by atoms with van der Waals surface area (Å²) < 4.78 is 0. The average Bonchev–Trinajstić information content (AvgIpc) is 3.41. The van der Waals surface area contributed by atoms with Crippen molar-refractivity contribution in [2.45, 2.75) is 76.3 Å². The molecule has 0 bridgehead atoms. The standard InChI is InChI=1S/C30H38N6S/c31-29(33-23-7-3-1-4-8-23)35-25-15-11-21(12-16-25)27-19-20-28(37-27)22-13-17-26(18-14-22)36-30(32)34-24-9-5-2-6-10-24/h11-20,23-24H,1-10H2,(H3,31,33,35)(H3,32,34,36). The number of hydrogen-bond acceptors (Lipinski definition) is 3. The van der Waals surface area contributed by atoms with Crippen LogP contribution in [0.25, 0.3) is 20.9 Å². The number of nitrogens with two attached hydrogens (primary N) is 2. The average molecular weight is 515 g/mol. The molecular weight excluding hydrogens is 476 g/mol. The van der Waals surface area contributed by atoms with Crippen LogP contribution >= 0.6 is 11.3 Å². The van der Waals surface area contributed by atoms with Gasteiger partial charge in [-0.05, 0) is 73.2 Å². The zero-order valence-electron chi connectivity index (χ0n) is 21.5. The van der Waals surface area contributed by atoms with Crippen LogP contribution in [0.3, 0.4) is 0 Å². The second-order valence-electron chi connectivity index (χ2n) is 10.2. The zero-order chi connectivity index (χ0) is 25.5. The highest BCUT2D eigenvalue weighted by Gasteiger charge is 2.14. The molecule has 0 radical (unpaired) electrons. The molecule has 1 heterocycles. The first-order valence-corrected chi connectivity index (χ1v) is 14.5. The van der Waals surface area contributed by atoms with Crippen LogP contribution in [0.2, 0.25) is 0 Å². The third-order valence-corrected chi connectivity index (χ3v) is 8.47. The lowest BCUT2D eigenvalue weighted by atomic mass is 9.96. The van der Waals surface area contributed by atoms with Gasteiger partial charge in [-0.15, -0.1) is 11.3 Å². The zero-order valence-corrected chi connectivity index (χ0v) is 22.3. The molecule has 0 aliphatic heterocycles. The predicted molar refractivity (Wildman–Crippen MR) is 159 cm³/mol. The van der Waals surface area contributed by atoms with Gasteiger partial charge >= 0.3 is 0 Å². The fraction of sp³-hybridized carbons (Fsp3) is 0.400. The third kappa shape index (κ3) is 7.13. The Labute approximate surface area is 224 Å². The normalized spacial score (nSPS) is 18.1. The fourth-order valence-corrected chi connectivity index (χ4v) is 6.27. The topological polar surface area (TPSA) is 101 Å². The fourth-order valence-electron chi connectivity index (χ4n) is 5.26. The van der Waals surface area contributed by atoms with Gasteiger partial charge in [0.2, 0.25) is 0 Å². The smallest absolute Gasteiger partial charge is 0.193 e. The maximum Gasteiger partial charge on any atom is 0.193 e. The Kier molecular flexibility index (Phi) is 8.41. The molecular formula is C30H38N6S. The van der Waals surface area contributed by atoms with Crippen molar-refractivity contribution in [2.24, 2.45) is 21.5 Å². The molecule has 194 valence electrons. The number of guanidine groups is 2. The monoisotopic (exact) mass is 514 g/mol. The highest BCUT2D eigenvalue weighted by atomic mass is 32.1. The van der Waals surface area contributed by atoms with Crippen molar-refractivity contribution < 1.29 is 0 Å². The number of anilines is 2. The van der Waals surface area contributed by atoms with E-state index in [1.165, 1.54) is 59.4 Å². The molecule has 7 heteroatoms. The van der Waals surface area contributed by atoms with Gasteiger partial charge in [0, 0.05) is 21.1 Å². The van der Waals surface area contributed by atoms with Crippen LogP contribution in [0.1, 0.15) is 64.2 Å². The summed E-state index contributed by atoms with van der Waals surface area (Å²) in [5.41, 5.74) is 16.6. The van der Waals surface area contributed by atoms with Gasteiger partial charge in [-0.2, -0.15) is 0 Å². The van der Waals surface area contributed by atoms with Crippen LogP contribution in [-0.2, 0) is 0 Å². The highest BCUT2D eigenvalue weighted by molar-refractivity contribution is 7.18. The Bertz CT molecular complexity index is 1110. The van der Waals surface area contributed by atoms with Gasteiger partial charge in [0.1, 0.15) is 0 Å². The Balaban J connectivity index is 1.18. The summed E-state index contributed by atoms with van der Waals surface area (Å²) >= 11 is 1.79. The molecule has 3 aromatic rings. The Morgan fingerprint density at radius 2 is 0.946 bits per heavy atom. The first kappa shape index (κ1) is 25.3. The Hall–Kier alpha value is -3.32. The van der Waals surface area contributed by atoms with Crippen molar-refractivity contribution in [3.8, 4) is 20.9 Å². The maximum atomic E-state index is 6.16. The first-order chi connectivity index (χ1) is 18.1. The molecule has 0 saturated heterocycles. The summed E-state index contributed by atoms with van der Waals surface area (Å²) in [6.45, 7) is 0. The first-order valence-electron chi connectivity index (χ1n) is 13.6. The number of hydrogen-bond donors (Lipinski definition) is 4. The van der Waals surface area contributed by atoms with Crippen LogP contribution in [0.5, 0.6) is 0 Å². The van der Waals surface area contributed by atoms with Gasteiger partial charge in [-0.25, -0.2) is 9.98 Å². The lowest BCUT2D eigenvalue weighted by Gasteiger charge is -2.18. The van der Waals surface area contributed by atoms with Crippen LogP contribution in [-0.4, -0.2) is 24.0 Å².